The van der Waals surface area contributed by atoms with E-state index in [9.17, 15) is 14.4 Å². The Hall–Kier alpha value is -2.97. The second kappa shape index (κ2) is 8.15. The second-order valence-electron chi connectivity index (χ2n) is 6.76. The number of aromatic amines is 1. The van der Waals surface area contributed by atoms with Crippen molar-refractivity contribution in [3.8, 4) is 5.95 Å². The number of H-pyrrole nitrogens is 1. The standard InChI is InChI=1S/C18H24N6O3/c1-3-12-10-15(25)22-18(20-12)24-14(9-11(2)23-24)21-17(27)16(26)19-13-7-5-4-6-8-13/h9-10,13H,3-8H2,1-2H3,(H,19,26)(H,21,27)(H,20,22,25). The van der Waals surface area contributed by atoms with E-state index in [-0.39, 0.29) is 23.4 Å². The smallest absolute Gasteiger partial charge is 0.314 e. The maximum atomic E-state index is 12.3. The zero-order valence-corrected chi connectivity index (χ0v) is 15.5. The van der Waals surface area contributed by atoms with Crippen molar-refractivity contribution in [2.24, 2.45) is 0 Å². The summed E-state index contributed by atoms with van der Waals surface area (Å²) in [4.78, 5) is 43.3. The predicted octanol–water partition coefficient (Wildman–Crippen LogP) is 1.21. The third kappa shape index (κ3) is 4.60. The van der Waals surface area contributed by atoms with Crippen molar-refractivity contribution in [1.29, 1.82) is 0 Å². The van der Waals surface area contributed by atoms with E-state index in [1.54, 1.807) is 13.0 Å². The van der Waals surface area contributed by atoms with E-state index in [0.29, 0.717) is 17.8 Å². The Morgan fingerprint density at radius 2 is 1.96 bits per heavy atom. The van der Waals surface area contributed by atoms with Crippen molar-refractivity contribution in [3.63, 3.8) is 0 Å². The Morgan fingerprint density at radius 1 is 1.22 bits per heavy atom. The number of carbonyl (C=O) groups excluding carboxylic acids is 2. The molecule has 2 aromatic rings. The van der Waals surface area contributed by atoms with Crippen LogP contribution in [-0.4, -0.2) is 37.6 Å². The molecule has 0 aliphatic heterocycles. The molecule has 9 nitrogen and oxygen atoms in total. The summed E-state index contributed by atoms with van der Waals surface area (Å²) in [5.74, 6) is -0.977. The average Bonchev–Trinajstić information content (AvgIpc) is 3.02. The Bertz CT molecular complexity index is 895. The molecule has 2 aromatic heterocycles. The molecule has 27 heavy (non-hydrogen) atoms. The predicted molar refractivity (Wildman–Crippen MR) is 99.7 cm³/mol. The molecule has 3 rings (SSSR count). The van der Waals surface area contributed by atoms with Crippen LogP contribution in [0.3, 0.4) is 0 Å². The van der Waals surface area contributed by atoms with Crippen LogP contribution >= 0.6 is 0 Å². The molecule has 1 aliphatic carbocycles. The van der Waals surface area contributed by atoms with E-state index in [0.717, 1.165) is 25.7 Å². The highest BCUT2D eigenvalue weighted by Gasteiger charge is 2.22. The lowest BCUT2D eigenvalue weighted by Crippen LogP contribution is -2.42. The van der Waals surface area contributed by atoms with Crippen molar-refractivity contribution < 1.29 is 9.59 Å². The monoisotopic (exact) mass is 372 g/mol. The van der Waals surface area contributed by atoms with Crippen LogP contribution in [0.25, 0.3) is 5.95 Å². The first-order valence-corrected chi connectivity index (χ1v) is 9.25. The van der Waals surface area contributed by atoms with Crippen molar-refractivity contribution in [2.45, 2.75) is 58.4 Å². The van der Waals surface area contributed by atoms with Crippen LogP contribution in [0.4, 0.5) is 5.82 Å². The van der Waals surface area contributed by atoms with E-state index in [2.05, 4.69) is 25.7 Å². The van der Waals surface area contributed by atoms with Crippen molar-refractivity contribution in [3.05, 3.63) is 33.9 Å². The van der Waals surface area contributed by atoms with Crippen molar-refractivity contribution >= 4 is 17.6 Å². The first-order valence-electron chi connectivity index (χ1n) is 9.25. The quantitative estimate of drug-likeness (QED) is 0.697. The summed E-state index contributed by atoms with van der Waals surface area (Å²) < 4.78 is 1.32. The van der Waals surface area contributed by atoms with Crippen molar-refractivity contribution in [2.75, 3.05) is 5.32 Å². The molecule has 0 unspecified atom stereocenters. The van der Waals surface area contributed by atoms with E-state index in [1.165, 1.54) is 17.2 Å². The Kier molecular flexibility index (Phi) is 5.68. The molecular formula is C18H24N6O3. The van der Waals surface area contributed by atoms with Gasteiger partial charge in [-0.25, -0.2) is 4.98 Å². The topological polar surface area (TPSA) is 122 Å². The van der Waals surface area contributed by atoms with Crippen LogP contribution in [0.15, 0.2) is 16.9 Å². The summed E-state index contributed by atoms with van der Waals surface area (Å²) in [7, 11) is 0. The SMILES string of the molecule is CCc1cc(=O)[nH]c(-n2nc(C)cc2NC(=O)C(=O)NC2CCCCC2)n1. The van der Waals surface area contributed by atoms with E-state index >= 15 is 0 Å². The van der Waals surface area contributed by atoms with Gasteiger partial charge in [0.25, 0.3) is 5.56 Å². The first kappa shape index (κ1) is 18.8. The van der Waals surface area contributed by atoms with Gasteiger partial charge in [-0.1, -0.05) is 26.2 Å². The molecule has 144 valence electrons. The molecule has 1 saturated carbocycles. The molecule has 0 atom stereocenters. The summed E-state index contributed by atoms with van der Waals surface area (Å²) in [6.07, 6.45) is 5.66. The minimum atomic E-state index is -0.768. The Balaban J connectivity index is 1.77. The lowest BCUT2D eigenvalue weighted by Gasteiger charge is -2.22. The average molecular weight is 372 g/mol. The van der Waals surface area contributed by atoms with Crippen molar-refractivity contribution in [1.82, 2.24) is 25.1 Å². The summed E-state index contributed by atoms with van der Waals surface area (Å²) in [5, 5.41) is 9.60. The largest absolute Gasteiger partial charge is 0.345 e. The fourth-order valence-corrected chi connectivity index (χ4v) is 3.20. The number of aryl methyl sites for hydroxylation is 2. The number of aromatic nitrogens is 4. The highest BCUT2D eigenvalue weighted by molar-refractivity contribution is 6.39. The summed E-state index contributed by atoms with van der Waals surface area (Å²) >= 11 is 0. The van der Waals surface area contributed by atoms with E-state index in [1.807, 2.05) is 6.92 Å². The summed E-state index contributed by atoms with van der Waals surface area (Å²) in [5.41, 5.74) is 0.911. The number of carbonyl (C=O) groups is 2. The van der Waals surface area contributed by atoms with Gasteiger partial charge in [-0.15, -0.1) is 0 Å². The number of hydrogen-bond donors (Lipinski definition) is 3. The molecular weight excluding hydrogens is 348 g/mol. The Morgan fingerprint density at radius 3 is 2.67 bits per heavy atom. The van der Waals surface area contributed by atoms with Gasteiger partial charge in [0.2, 0.25) is 5.95 Å². The van der Waals surface area contributed by atoms with Gasteiger partial charge in [0.05, 0.1) is 5.69 Å². The number of hydrogen-bond acceptors (Lipinski definition) is 5. The molecule has 0 bridgehead atoms. The lowest BCUT2D eigenvalue weighted by atomic mass is 9.95. The summed E-state index contributed by atoms with van der Waals surface area (Å²) in [6.45, 7) is 3.63. The van der Waals surface area contributed by atoms with Crippen LogP contribution in [-0.2, 0) is 16.0 Å². The number of amides is 2. The Labute approximate surface area is 156 Å². The van der Waals surface area contributed by atoms with Gasteiger partial charge >= 0.3 is 11.8 Å². The normalized spacial score (nSPS) is 14.7. The third-order valence-corrected chi connectivity index (χ3v) is 4.56. The van der Waals surface area contributed by atoms with Gasteiger partial charge < -0.3 is 10.6 Å². The maximum absolute atomic E-state index is 12.3. The number of nitrogens with zero attached hydrogens (tertiary/aromatic N) is 3. The highest BCUT2D eigenvalue weighted by atomic mass is 16.2. The minimum absolute atomic E-state index is 0.0444. The maximum Gasteiger partial charge on any atom is 0.314 e. The van der Waals surface area contributed by atoms with Crippen LogP contribution in [0.2, 0.25) is 0 Å². The number of rotatable bonds is 4. The fraction of sp³-hybridized carbons (Fsp3) is 0.500. The molecule has 2 amide bonds. The van der Waals surface area contributed by atoms with E-state index in [4.69, 9.17) is 0 Å². The van der Waals surface area contributed by atoms with Crippen LogP contribution in [0.1, 0.15) is 50.4 Å². The summed E-state index contributed by atoms with van der Waals surface area (Å²) in [6, 6.07) is 3.07. The second-order valence-corrected chi connectivity index (χ2v) is 6.76. The van der Waals surface area contributed by atoms with Gasteiger partial charge in [0, 0.05) is 23.9 Å². The van der Waals surface area contributed by atoms with Gasteiger partial charge in [0.15, 0.2) is 0 Å². The number of nitrogens with one attached hydrogen (secondary N) is 3. The first-order chi connectivity index (χ1) is 13.0. The molecule has 1 aliphatic rings. The zero-order chi connectivity index (χ0) is 19.4. The lowest BCUT2D eigenvalue weighted by molar-refractivity contribution is -0.136. The minimum Gasteiger partial charge on any atom is -0.345 e. The third-order valence-electron chi connectivity index (χ3n) is 4.56. The van der Waals surface area contributed by atoms with Crippen LogP contribution < -0.4 is 16.2 Å². The van der Waals surface area contributed by atoms with Crippen LogP contribution in [0, 0.1) is 6.92 Å². The van der Waals surface area contributed by atoms with E-state index < -0.39 is 11.8 Å². The zero-order valence-electron chi connectivity index (χ0n) is 15.5. The molecule has 0 spiro atoms. The molecule has 2 heterocycles. The molecule has 9 heteroatoms. The van der Waals surface area contributed by atoms with Gasteiger partial charge in [-0.05, 0) is 26.2 Å². The van der Waals surface area contributed by atoms with Gasteiger partial charge in [-0.2, -0.15) is 9.78 Å². The highest BCUT2D eigenvalue weighted by Crippen LogP contribution is 2.18. The molecule has 3 N–H and O–H groups in total. The number of anilines is 1. The molecule has 0 saturated heterocycles. The van der Waals surface area contributed by atoms with Gasteiger partial charge in [0.1, 0.15) is 5.82 Å². The van der Waals surface area contributed by atoms with Gasteiger partial charge in [-0.3, -0.25) is 19.4 Å². The molecule has 0 aromatic carbocycles. The molecule has 0 radical (unpaired) electrons. The van der Waals surface area contributed by atoms with Crippen LogP contribution in [0.5, 0.6) is 0 Å². The fourth-order valence-electron chi connectivity index (χ4n) is 3.20. The molecule has 1 fully saturated rings.